The molecule has 0 radical (unpaired) electrons. The largest absolute Gasteiger partial charge is 0.337 e. The van der Waals surface area contributed by atoms with E-state index >= 15 is 0 Å². The number of Topliss-reactive ketones (excluding diaryl/α,β-unsaturated/α-hetero) is 1. The van der Waals surface area contributed by atoms with Crippen LogP contribution in [0.5, 0.6) is 0 Å². The van der Waals surface area contributed by atoms with Crippen LogP contribution in [-0.4, -0.2) is 15.3 Å². The van der Waals surface area contributed by atoms with Crippen LogP contribution >= 0.6 is 11.6 Å². The Balaban J connectivity index is 1.73. The second kappa shape index (κ2) is 6.36. The third kappa shape index (κ3) is 4.00. The monoisotopic (exact) mass is 262 g/mol. The SMILES string of the molecule is O=C(CCCn1ccnc1)Cc1ccc(Cl)cc1. The number of benzene rings is 1. The van der Waals surface area contributed by atoms with Gasteiger partial charge in [0.25, 0.3) is 0 Å². The van der Waals surface area contributed by atoms with Crippen LogP contribution in [0.1, 0.15) is 18.4 Å². The van der Waals surface area contributed by atoms with Crippen LogP contribution in [-0.2, 0) is 17.8 Å². The van der Waals surface area contributed by atoms with Crippen LogP contribution in [0.25, 0.3) is 0 Å². The first kappa shape index (κ1) is 12.8. The van der Waals surface area contributed by atoms with E-state index in [1.165, 1.54) is 0 Å². The molecule has 0 bridgehead atoms. The minimum atomic E-state index is 0.262. The van der Waals surface area contributed by atoms with Crippen molar-refractivity contribution in [1.29, 1.82) is 0 Å². The van der Waals surface area contributed by atoms with Crippen LogP contribution in [0.2, 0.25) is 5.02 Å². The zero-order chi connectivity index (χ0) is 12.8. The molecule has 0 spiro atoms. The molecule has 0 unspecified atom stereocenters. The number of imidazole rings is 1. The summed E-state index contributed by atoms with van der Waals surface area (Å²) in [6.45, 7) is 0.840. The van der Waals surface area contributed by atoms with Gasteiger partial charge in [-0.1, -0.05) is 23.7 Å². The van der Waals surface area contributed by atoms with Gasteiger partial charge in [-0.3, -0.25) is 4.79 Å². The van der Waals surface area contributed by atoms with Crippen LogP contribution in [0.3, 0.4) is 0 Å². The molecule has 0 saturated carbocycles. The lowest BCUT2D eigenvalue weighted by Gasteiger charge is -2.03. The van der Waals surface area contributed by atoms with Gasteiger partial charge in [-0.25, -0.2) is 4.98 Å². The molecule has 0 aliphatic carbocycles. The van der Waals surface area contributed by atoms with Crippen molar-refractivity contribution in [3.63, 3.8) is 0 Å². The van der Waals surface area contributed by atoms with E-state index in [-0.39, 0.29) is 5.78 Å². The highest BCUT2D eigenvalue weighted by Gasteiger charge is 2.03. The summed E-state index contributed by atoms with van der Waals surface area (Å²) >= 11 is 5.80. The first-order valence-electron chi connectivity index (χ1n) is 5.96. The Morgan fingerprint density at radius 1 is 1.28 bits per heavy atom. The number of ketones is 1. The molecule has 2 rings (SSSR count). The zero-order valence-corrected chi connectivity index (χ0v) is 10.8. The summed E-state index contributed by atoms with van der Waals surface area (Å²) in [5.74, 6) is 0.262. The van der Waals surface area contributed by atoms with E-state index in [4.69, 9.17) is 11.6 Å². The summed E-state index contributed by atoms with van der Waals surface area (Å²) in [6, 6.07) is 7.43. The molecule has 0 saturated heterocycles. The average Bonchev–Trinajstić information content (AvgIpc) is 2.85. The summed E-state index contributed by atoms with van der Waals surface area (Å²) < 4.78 is 1.98. The van der Waals surface area contributed by atoms with E-state index in [0.717, 1.165) is 18.5 Å². The van der Waals surface area contributed by atoms with Gasteiger partial charge in [-0.2, -0.15) is 0 Å². The van der Waals surface area contributed by atoms with Crippen molar-refractivity contribution in [3.05, 3.63) is 53.6 Å². The first-order valence-corrected chi connectivity index (χ1v) is 6.34. The van der Waals surface area contributed by atoms with Gasteiger partial charge >= 0.3 is 0 Å². The molecule has 1 aromatic carbocycles. The minimum absolute atomic E-state index is 0.262. The first-order chi connectivity index (χ1) is 8.74. The maximum Gasteiger partial charge on any atom is 0.137 e. The predicted molar refractivity (Wildman–Crippen MR) is 71.6 cm³/mol. The summed E-state index contributed by atoms with van der Waals surface area (Å²) in [5, 5.41) is 0.700. The Hall–Kier alpha value is -1.61. The third-order valence-electron chi connectivity index (χ3n) is 2.75. The van der Waals surface area contributed by atoms with Gasteiger partial charge in [0.05, 0.1) is 6.33 Å². The number of hydrogen-bond donors (Lipinski definition) is 0. The average molecular weight is 263 g/mol. The molecule has 94 valence electrons. The Morgan fingerprint density at radius 2 is 2.06 bits per heavy atom. The molecule has 1 aromatic heterocycles. The van der Waals surface area contributed by atoms with Gasteiger partial charge in [-0.05, 0) is 24.1 Å². The Labute approximate surface area is 111 Å². The van der Waals surface area contributed by atoms with Crippen LogP contribution in [0.4, 0.5) is 0 Å². The van der Waals surface area contributed by atoms with E-state index in [2.05, 4.69) is 4.98 Å². The number of aromatic nitrogens is 2. The number of carbonyl (C=O) groups is 1. The van der Waals surface area contributed by atoms with E-state index in [1.807, 2.05) is 35.0 Å². The fourth-order valence-corrected chi connectivity index (χ4v) is 1.92. The fourth-order valence-electron chi connectivity index (χ4n) is 1.80. The Kier molecular flexibility index (Phi) is 4.53. The molecule has 0 atom stereocenters. The van der Waals surface area contributed by atoms with Gasteiger partial charge in [0.2, 0.25) is 0 Å². The van der Waals surface area contributed by atoms with E-state index < -0.39 is 0 Å². The second-order valence-electron chi connectivity index (χ2n) is 4.25. The highest BCUT2D eigenvalue weighted by atomic mass is 35.5. The highest BCUT2D eigenvalue weighted by molar-refractivity contribution is 6.30. The molecule has 0 amide bonds. The van der Waals surface area contributed by atoms with Crippen molar-refractivity contribution in [2.75, 3.05) is 0 Å². The smallest absolute Gasteiger partial charge is 0.137 e. The molecule has 0 aliphatic heterocycles. The maximum absolute atomic E-state index is 11.8. The van der Waals surface area contributed by atoms with E-state index in [9.17, 15) is 4.79 Å². The van der Waals surface area contributed by atoms with Gasteiger partial charge in [0.1, 0.15) is 5.78 Å². The molecule has 2 aromatic rings. The topological polar surface area (TPSA) is 34.9 Å². The molecule has 18 heavy (non-hydrogen) atoms. The second-order valence-corrected chi connectivity index (χ2v) is 4.68. The standard InChI is InChI=1S/C14H15ClN2O/c15-13-5-3-12(4-6-13)10-14(18)2-1-8-17-9-7-16-11-17/h3-7,9,11H,1-2,8,10H2. The van der Waals surface area contributed by atoms with Gasteiger partial charge in [-0.15, -0.1) is 0 Å². The molecular weight excluding hydrogens is 248 g/mol. The molecule has 0 N–H and O–H groups in total. The molecule has 0 aliphatic rings. The summed E-state index contributed by atoms with van der Waals surface area (Å²) in [4.78, 5) is 15.7. The fraction of sp³-hybridized carbons (Fsp3) is 0.286. The van der Waals surface area contributed by atoms with Crippen LogP contribution in [0.15, 0.2) is 43.0 Å². The predicted octanol–water partition coefficient (Wildman–Crippen LogP) is 3.13. The maximum atomic E-state index is 11.8. The summed E-state index contributed by atoms with van der Waals surface area (Å²) in [7, 11) is 0. The lowest BCUT2D eigenvalue weighted by Crippen LogP contribution is -2.04. The van der Waals surface area contributed by atoms with Gasteiger partial charge in [0.15, 0.2) is 0 Å². The Bertz CT molecular complexity index is 491. The number of hydrogen-bond acceptors (Lipinski definition) is 2. The van der Waals surface area contributed by atoms with Crippen molar-refractivity contribution in [2.45, 2.75) is 25.8 Å². The number of carbonyl (C=O) groups excluding carboxylic acids is 1. The lowest BCUT2D eigenvalue weighted by atomic mass is 10.1. The molecule has 1 heterocycles. The minimum Gasteiger partial charge on any atom is -0.337 e. The number of aryl methyl sites for hydroxylation is 1. The van der Waals surface area contributed by atoms with E-state index in [0.29, 0.717) is 17.9 Å². The summed E-state index contributed by atoms with van der Waals surface area (Å²) in [5.41, 5.74) is 1.02. The molecular formula is C14H15ClN2O. The number of halogens is 1. The summed E-state index contributed by atoms with van der Waals surface area (Å²) in [6.07, 6.45) is 7.35. The van der Waals surface area contributed by atoms with Crippen LogP contribution in [0, 0.1) is 0 Å². The number of nitrogens with zero attached hydrogens (tertiary/aromatic N) is 2. The van der Waals surface area contributed by atoms with Crippen LogP contribution < -0.4 is 0 Å². The normalized spacial score (nSPS) is 10.5. The van der Waals surface area contributed by atoms with Crippen molar-refractivity contribution < 1.29 is 4.79 Å². The van der Waals surface area contributed by atoms with Crippen molar-refractivity contribution in [3.8, 4) is 0 Å². The zero-order valence-electron chi connectivity index (χ0n) is 10.1. The quantitative estimate of drug-likeness (QED) is 0.802. The van der Waals surface area contributed by atoms with Crippen molar-refractivity contribution in [2.24, 2.45) is 0 Å². The molecule has 3 nitrogen and oxygen atoms in total. The van der Waals surface area contributed by atoms with Crippen molar-refractivity contribution in [1.82, 2.24) is 9.55 Å². The lowest BCUT2D eigenvalue weighted by molar-refractivity contribution is -0.118. The van der Waals surface area contributed by atoms with Gasteiger partial charge < -0.3 is 4.57 Å². The third-order valence-corrected chi connectivity index (χ3v) is 3.00. The Morgan fingerprint density at radius 3 is 2.72 bits per heavy atom. The molecule has 0 fully saturated rings. The van der Waals surface area contributed by atoms with E-state index in [1.54, 1.807) is 12.5 Å². The van der Waals surface area contributed by atoms with Crippen molar-refractivity contribution >= 4 is 17.4 Å². The molecule has 4 heteroatoms. The number of rotatable bonds is 6. The van der Waals surface area contributed by atoms with Gasteiger partial charge in [0, 0.05) is 36.8 Å². The highest BCUT2D eigenvalue weighted by Crippen LogP contribution is 2.11.